The highest BCUT2D eigenvalue weighted by molar-refractivity contribution is 8.01. The third-order valence-electron chi connectivity index (χ3n) is 5.46. The number of thioether (sulfide) groups is 2. The van der Waals surface area contributed by atoms with Crippen LogP contribution < -0.4 is 10.6 Å². The fourth-order valence-electron chi connectivity index (χ4n) is 3.70. The van der Waals surface area contributed by atoms with Gasteiger partial charge in [-0.05, 0) is 34.6 Å². The maximum atomic E-state index is 13.1. The number of rotatable bonds is 11. The second kappa shape index (κ2) is 11.6. The number of tetrazole rings is 1. The summed E-state index contributed by atoms with van der Waals surface area (Å²) in [6.07, 6.45) is 4.51. The fourth-order valence-corrected chi connectivity index (χ4v) is 6.04. The van der Waals surface area contributed by atoms with Crippen LogP contribution in [0.3, 0.4) is 0 Å². The maximum absolute atomic E-state index is 13.1. The molecule has 3 amide bonds. The number of nitrogens with zero attached hydrogens (tertiary/aromatic N) is 6. The highest BCUT2D eigenvalue weighted by atomic mass is 32.2. The van der Waals surface area contributed by atoms with Crippen molar-refractivity contribution in [1.29, 1.82) is 0 Å². The number of aromatic nitrogens is 5. The van der Waals surface area contributed by atoms with Crippen LogP contribution in [0.2, 0.25) is 0 Å². The van der Waals surface area contributed by atoms with Crippen molar-refractivity contribution in [2.75, 3.05) is 18.2 Å². The molecule has 192 valence electrons. The Kier molecular flexibility index (Phi) is 8.30. The molecule has 2 atom stereocenters. The molecule has 1 saturated heterocycles. The summed E-state index contributed by atoms with van der Waals surface area (Å²) in [6.45, 7) is 1.66. The van der Waals surface area contributed by atoms with Crippen LogP contribution in [0, 0.1) is 0 Å². The van der Waals surface area contributed by atoms with Crippen LogP contribution in [0.25, 0.3) is 0 Å². The average Bonchev–Trinajstić information content (AvgIpc) is 3.52. The molecule has 2 aromatic heterocycles. The van der Waals surface area contributed by atoms with Crippen LogP contribution in [0.15, 0.2) is 41.0 Å². The Labute approximate surface area is 215 Å². The molecule has 15 heteroatoms. The van der Waals surface area contributed by atoms with Crippen molar-refractivity contribution in [2.45, 2.75) is 42.9 Å². The predicted octanol–water partition coefficient (Wildman–Crippen LogP) is -0.125. The topological polar surface area (TPSA) is 153 Å². The molecule has 2 aromatic rings. The SMILES string of the molecule is CCCC(=O)NCOC(=O)C1=C(CSc2nnnn2C)CSC2C(NC(=O)Cn3cccc3)C(=O)N12. The molecule has 0 radical (unpaired) electrons. The van der Waals surface area contributed by atoms with Gasteiger partial charge in [-0.2, -0.15) is 0 Å². The Balaban J connectivity index is 1.46. The number of hydrogen-bond donors (Lipinski definition) is 2. The summed E-state index contributed by atoms with van der Waals surface area (Å²) in [7, 11) is 1.70. The van der Waals surface area contributed by atoms with Crippen LogP contribution in [-0.2, 0) is 37.5 Å². The van der Waals surface area contributed by atoms with Gasteiger partial charge in [0, 0.05) is 37.4 Å². The normalized spacial score (nSPS) is 18.9. The predicted molar refractivity (Wildman–Crippen MR) is 130 cm³/mol. The molecule has 4 heterocycles. The van der Waals surface area contributed by atoms with E-state index in [1.165, 1.54) is 33.1 Å². The first kappa shape index (κ1) is 25.8. The summed E-state index contributed by atoms with van der Waals surface area (Å²) in [4.78, 5) is 51.7. The van der Waals surface area contributed by atoms with E-state index in [0.29, 0.717) is 35.1 Å². The molecular weight excluding hydrogens is 508 g/mol. The first-order valence-corrected chi connectivity index (χ1v) is 13.3. The van der Waals surface area contributed by atoms with Crippen LogP contribution in [0.1, 0.15) is 19.8 Å². The van der Waals surface area contributed by atoms with Crippen molar-refractivity contribution in [1.82, 2.24) is 40.3 Å². The molecule has 2 aliphatic rings. The summed E-state index contributed by atoms with van der Waals surface area (Å²) in [6, 6.07) is 2.87. The number of amides is 3. The van der Waals surface area contributed by atoms with Crippen molar-refractivity contribution < 1.29 is 23.9 Å². The molecule has 4 rings (SSSR count). The average molecular weight is 535 g/mol. The van der Waals surface area contributed by atoms with Crippen molar-refractivity contribution in [3.05, 3.63) is 35.8 Å². The van der Waals surface area contributed by atoms with E-state index in [9.17, 15) is 19.2 Å². The number of nitrogens with one attached hydrogen (secondary N) is 2. The van der Waals surface area contributed by atoms with Gasteiger partial charge in [0.05, 0.1) is 0 Å². The summed E-state index contributed by atoms with van der Waals surface area (Å²) >= 11 is 2.78. The molecule has 0 saturated carbocycles. The van der Waals surface area contributed by atoms with Crippen LogP contribution >= 0.6 is 23.5 Å². The largest absolute Gasteiger partial charge is 0.440 e. The van der Waals surface area contributed by atoms with Gasteiger partial charge in [0.2, 0.25) is 17.0 Å². The third-order valence-corrected chi connectivity index (χ3v) is 7.89. The van der Waals surface area contributed by atoms with E-state index < -0.39 is 23.3 Å². The number of fused-ring (bicyclic) bond motifs is 1. The summed E-state index contributed by atoms with van der Waals surface area (Å²) in [5.41, 5.74) is 0.812. The monoisotopic (exact) mass is 534 g/mol. The minimum absolute atomic E-state index is 0.0873. The minimum atomic E-state index is -0.748. The number of carbonyl (C=O) groups excluding carboxylic acids is 4. The van der Waals surface area contributed by atoms with Gasteiger partial charge in [0.25, 0.3) is 5.91 Å². The van der Waals surface area contributed by atoms with E-state index in [0.717, 1.165) is 0 Å². The first-order valence-electron chi connectivity index (χ1n) is 11.2. The van der Waals surface area contributed by atoms with Gasteiger partial charge in [-0.1, -0.05) is 18.7 Å². The minimum Gasteiger partial charge on any atom is -0.440 e. The maximum Gasteiger partial charge on any atom is 0.356 e. The number of aryl methyl sites for hydroxylation is 1. The van der Waals surface area contributed by atoms with E-state index >= 15 is 0 Å². The molecule has 36 heavy (non-hydrogen) atoms. The van der Waals surface area contributed by atoms with Gasteiger partial charge in [-0.3, -0.25) is 19.3 Å². The van der Waals surface area contributed by atoms with Crippen LogP contribution in [-0.4, -0.2) is 83.0 Å². The Morgan fingerprint density at radius 2 is 2.03 bits per heavy atom. The molecule has 2 aliphatic heterocycles. The van der Waals surface area contributed by atoms with Gasteiger partial charge in [-0.15, -0.1) is 16.9 Å². The Bertz CT molecular complexity index is 1160. The first-order chi connectivity index (χ1) is 17.4. The molecule has 13 nitrogen and oxygen atoms in total. The Morgan fingerprint density at radius 1 is 1.25 bits per heavy atom. The molecule has 0 spiro atoms. The zero-order chi connectivity index (χ0) is 25.7. The van der Waals surface area contributed by atoms with Crippen LogP contribution in [0.5, 0.6) is 0 Å². The zero-order valence-electron chi connectivity index (χ0n) is 19.7. The van der Waals surface area contributed by atoms with Gasteiger partial charge in [0.1, 0.15) is 23.7 Å². The molecule has 2 N–H and O–H groups in total. The standard InChI is InChI=1S/C21H26N8O5S2/c1-3-6-14(30)22-12-34-20(33)17-13(11-36-21-24-25-26-27(21)2)10-35-19-16(18(32)29(17)19)23-15(31)9-28-7-4-5-8-28/h4-5,7-8,16,19H,3,6,9-12H2,1-2H3,(H,22,30)(H,23,31). The van der Waals surface area contributed by atoms with Crippen LogP contribution in [0.4, 0.5) is 0 Å². The summed E-state index contributed by atoms with van der Waals surface area (Å²) in [5.74, 6) is -0.828. The highest BCUT2D eigenvalue weighted by Crippen LogP contribution is 2.41. The number of esters is 1. The zero-order valence-corrected chi connectivity index (χ0v) is 21.4. The van der Waals surface area contributed by atoms with E-state index in [1.54, 1.807) is 24.0 Å². The van der Waals surface area contributed by atoms with E-state index in [2.05, 4.69) is 26.2 Å². The molecule has 0 aromatic carbocycles. The summed E-state index contributed by atoms with van der Waals surface area (Å²) < 4.78 is 8.51. The van der Waals surface area contributed by atoms with E-state index in [-0.39, 0.29) is 30.8 Å². The number of ether oxygens (including phenoxy) is 1. The van der Waals surface area contributed by atoms with E-state index in [4.69, 9.17) is 4.74 Å². The molecule has 0 bridgehead atoms. The van der Waals surface area contributed by atoms with Crippen molar-refractivity contribution in [2.24, 2.45) is 7.05 Å². The van der Waals surface area contributed by atoms with Crippen molar-refractivity contribution >= 4 is 47.2 Å². The second-order valence-electron chi connectivity index (χ2n) is 8.06. The Hall–Kier alpha value is -3.33. The fraction of sp³-hybridized carbons (Fsp3) is 0.476. The lowest BCUT2D eigenvalue weighted by Crippen LogP contribution is -2.70. The molecular formula is C21H26N8O5S2. The lowest BCUT2D eigenvalue weighted by molar-refractivity contribution is -0.153. The summed E-state index contributed by atoms with van der Waals surface area (Å²) in [5, 5.41) is 16.8. The second-order valence-corrected chi connectivity index (χ2v) is 10.1. The highest BCUT2D eigenvalue weighted by Gasteiger charge is 2.54. The molecule has 0 aliphatic carbocycles. The smallest absolute Gasteiger partial charge is 0.356 e. The quantitative estimate of drug-likeness (QED) is 0.173. The molecule has 1 fully saturated rings. The third kappa shape index (κ3) is 5.73. The lowest BCUT2D eigenvalue weighted by Gasteiger charge is -2.49. The number of β-lactam (4-membered cyclic amide) rings is 1. The van der Waals surface area contributed by atoms with Crippen molar-refractivity contribution in [3.63, 3.8) is 0 Å². The Morgan fingerprint density at radius 3 is 2.72 bits per heavy atom. The lowest BCUT2D eigenvalue weighted by atomic mass is 10.0. The van der Waals surface area contributed by atoms with Gasteiger partial charge < -0.3 is 19.9 Å². The van der Waals surface area contributed by atoms with Crippen molar-refractivity contribution in [3.8, 4) is 0 Å². The number of hydrogen-bond acceptors (Lipinski definition) is 10. The van der Waals surface area contributed by atoms with Gasteiger partial charge >= 0.3 is 5.97 Å². The van der Waals surface area contributed by atoms with Gasteiger partial charge in [0.15, 0.2) is 6.73 Å². The van der Waals surface area contributed by atoms with Gasteiger partial charge in [-0.25, -0.2) is 9.48 Å². The van der Waals surface area contributed by atoms with E-state index in [1.807, 2.05) is 19.1 Å². The molecule has 2 unspecified atom stereocenters. The number of carbonyl (C=O) groups is 4.